The second-order valence-electron chi connectivity index (χ2n) is 3.34. The lowest BCUT2D eigenvalue weighted by Crippen LogP contribution is -2.05. The van der Waals surface area contributed by atoms with Crippen molar-refractivity contribution in [2.75, 3.05) is 11.2 Å². The van der Waals surface area contributed by atoms with Crippen LogP contribution in [0.3, 0.4) is 0 Å². The van der Waals surface area contributed by atoms with Gasteiger partial charge in [-0.05, 0) is 35.4 Å². The maximum absolute atomic E-state index is 5.62. The summed E-state index contributed by atoms with van der Waals surface area (Å²) in [5.41, 5.74) is 12.2. The van der Waals surface area contributed by atoms with Gasteiger partial charge in [0.25, 0.3) is 0 Å². The minimum Gasteiger partial charge on any atom is -0.399 e. The molecule has 0 spiro atoms. The molecule has 0 aliphatic rings. The Bertz CT molecular complexity index is 431. The first-order chi connectivity index (χ1) is 7.29. The first-order valence-electron chi connectivity index (χ1n) is 4.72. The zero-order valence-corrected chi connectivity index (χ0v) is 8.27. The van der Waals surface area contributed by atoms with E-state index in [0.29, 0.717) is 0 Å². The van der Waals surface area contributed by atoms with Gasteiger partial charge >= 0.3 is 0 Å². The molecule has 0 bridgehead atoms. The molecule has 0 saturated carbocycles. The molecule has 0 saturated heterocycles. The zero-order valence-electron chi connectivity index (χ0n) is 8.27. The highest BCUT2D eigenvalue weighted by molar-refractivity contribution is 5.67. The van der Waals surface area contributed by atoms with Crippen LogP contribution in [0.25, 0.3) is 11.1 Å². The molecule has 0 aliphatic carbocycles. The van der Waals surface area contributed by atoms with Crippen LogP contribution in [0.2, 0.25) is 0 Å². The predicted molar refractivity (Wildman–Crippen MR) is 64.1 cm³/mol. The van der Waals surface area contributed by atoms with Crippen molar-refractivity contribution in [1.82, 2.24) is 0 Å². The average Bonchev–Trinajstić information content (AvgIpc) is 2.30. The summed E-state index contributed by atoms with van der Waals surface area (Å²) in [6.45, 7) is 0. The van der Waals surface area contributed by atoms with Gasteiger partial charge in [-0.2, -0.15) is 0 Å². The van der Waals surface area contributed by atoms with Crippen LogP contribution >= 0.6 is 0 Å². The fourth-order valence-electron chi connectivity index (χ4n) is 1.43. The topological polar surface area (TPSA) is 64.1 Å². The number of benzene rings is 2. The van der Waals surface area contributed by atoms with Crippen LogP contribution in [0.15, 0.2) is 48.5 Å². The maximum atomic E-state index is 5.62. The van der Waals surface area contributed by atoms with E-state index in [9.17, 15) is 0 Å². The Morgan fingerprint density at radius 3 is 1.67 bits per heavy atom. The Balaban J connectivity index is 2.33. The molecule has 0 unspecified atom stereocenters. The third-order valence-corrected chi connectivity index (χ3v) is 2.30. The third kappa shape index (κ3) is 2.08. The van der Waals surface area contributed by atoms with Gasteiger partial charge in [0.05, 0.1) is 0 Å². The monoisotopic (exact) mass is 199 g/mol. The minimum absolute atomic E-state index is 0.777. The van der Waals surface area contributed by atoms with Crippen molar-refractivity contribution >= 4 is 11.4 Å². The Morgan fingerprint density at radius 2 is 1.20 bits per heavy atom. The van der Waals surface area contributed by atoms with Crippen molar-refractivity contribution in [3.63, 3.8) is 0 Å². The van der Waals surface area contributed by atoms with E-state index in [1.54, 1.807) is 0 Å². The number of hydrazine groups is 1. The summed E-state index contributed by atoms with van der Waals surface area (Å²) in [6, 6.07) is 15.7. The number of anilines is 2. The summed E-state index contributed by atoms with van der Waals surface area (Å²) in [5, 5.41) is 0. The molecule has 76 valence electrons. The van der Waals surface area contributed by atoms with E-state index in [-0.39, 0.29) is 0 Å². The lowest BCUT2D eigenvalue weighted by atomic mass is 10.1. The molecule has 0 amide bonds. The molecular formula is C12H13N3. The number of nitrogens with one attached hydrogen (secondary N) is 1. The SMILES string of the molecule is NNc1ccc(-c2ccc(N)cc2)cc1. The standard InChI is InChI=1S/C12H13N3/c13-11-5-1-9(2-6-11)10-3-7-12(15-14)8-4-10/h1-8,15H,13-14H2. The van der Waals surface area contributed by atoms with E-state index >= 15 is 0 Å². The van der Waals surface area contributed by atoms with Gasteiger partial charge in [-0.25, -0.2) is 0 Å². The van der Waals surface area contributed by atoms with Crippen LogP contribution in [-0.4, -0.2) is 0 Å². The molecule has 0 aromatic heterocycles. The van der Waals surface area contributed by atoms with E-state index in [1.165, 1.54) is 0 Å². The van der Waals surface area contributed by atoms with Crippen molar-refractivity contribution in [2.45, 2.75) is 0 Å². The summed E-state index contributed by atoms with van der Waals surface area (Å²) < 4.78 is 0. The Kier molecular flexibility index (Phi) is 2.56. The summed E-state index contributed by atoms with van der Waals surface area (Å²) in [5.74, 6) is 5.29. The van der Waals surface area contributed by atoms with E-state index in [2.05, 4.69) is 5.43 Å². The molecule has 3 nitrogen and oxygen atoms in total. The molecule has 0 radical (unpaired) electrons. The lowest BCUT2D eigenvalue weighted by molar-refractivity contribution is 1.35. The quantitative estimate of drug-likeness (QED) is 0.395. The molecule has 2 rings (SSSR count). The molecule has 0 fully saturated rings. The van der Waals surface area contributed by atoms with E-state index in [4.69, 9.17) is 11.6 Å². The first kappa shape index (κ1) is 9.55. The number of hydrogen-bond donors (Lipinski definition) is 3. The molecule has 5 N–H and O–H groups in total. The summed E-state index contributed by atoms with van der Waals surface area (Å²) in [6.07, 6.45) is 0. The molecule has 15 heavy (non-hydrogen) atoms. The summed E-state index contributed by atoms with van der Waals surface area (Å²) in [7, 11) is 0. The third-order valence-electron chi connectivity index (χ3n) is 2.30. The smallest absolute Gasteiger partial charge is 0.0485 e. The maximum Gasteiger partial charge on any atom is 0.0485 e. The molecule has 0 aliphatic heterocycles. The average molecular weight is 199 g/mol. The first-order valence-corrected chi connectivity index (χ1v) is 4.72. The van der Waals surface area contributed by atoms with Crippen LogP contribution in [0.5, 0.6) is 0 Å². The van der Waals surface area contributed by atoms with Crippen molar-refractivity contribution in [3.05, 3.63) is 48.5 Å². The van der Waals surface area contributed by atoms with E-state index in [1.807, 2.05) is 48.5 Å². The molecule has 0 heterocycles. The summed E-state index contributed by atoms with van der Waals surface area (Å²) in [4.78, 5) is 0. The number of nitrogen functional groups attached to an aromatic ring is 2. The Labute approximate surface area is 88.7 Å². The van der Waals surface area contributed by atoms with E-state index in [0.717, 1.165) is 22.5 Å². The minimum atomic E-state index is 0.777. The number of rotatable bonds is 2. The Hall–Kier alpha value is -2.00. The van der Waals surface area contributed by atoms with Gasteiger partial charge in [-0.1, -0.05) is 24.3 Å². The summed E-state index contributed by atoms with van der Waals surface area (Å²) >= 11 is 0. The van der Waals surface area contributed by atoms with Gasteiger partial charge < -0.3 is 11.2 Å². The second-order valence-corrected chi connectivity index (χ2v) is 3.34. The van der Waals surface area contributed by atoms with Crippen molar-refractivity contribution in [2.24, 2.45) is 5.84 Å². The van der Waals surface area contributed by atoms with Gasteiger partial charge in [0.2, 0.25) is 0 Å². The van der Waals surface area contributed by atoms with Crippen LogP contribution in [0, 0.1) is 0 Å². The van der Waals surface area contributed by atoms with Gasteiger partial charge in [0.1, 0.15) is 0 Å². The zero-order chi connectivity index (χ0) is 10.7. The van der Waals surface area contributed by atoms with Crippen LogP contribution in [0.1, 0.15) is 0 Å². The molecule has 3 heteroatoms. The van der Waals surface area contributed by atoms with Gasteiger partial charge in [-0.15, -0.1) is 0 Å². The van der Waals surface area contributed by atoms with Gasteiger partial charge in [0.15, 0.2) is 0 Å². The highest BCUT2D eigenvalue weighted by Gasteiger charge is 1.96. The largest absolute Gasteiger partial charge is 0.399 e. The lowest BCUT2D eigenvalue weighted by Gasteiger charge is -2.04. The van der Waals surface area contributed by atoms with Crippen molar-refractivity contribution in [1.29, 1.82) is 0 Å². The predicted octanol–water partition coefficient (Wildman–Crippen LogP) is 2.22. The molecule has 2 aromatic carbocycles. The fraction of sp³-hybridized carbons (Fsp3) is 0. The highest BCUT2D eigenvalue weighted by Crippen LogP contribution is 2.21. The van der Waals surface area contributed by atoms with Gasteiger partial charge in [0, 0.05) is 11.4 Å². The number of nitrogens with two attached hydrogens (primary N) is 2. The van der Waals surface area contributed by atoms with Crippen LogP contribution in [-0.2, 0) is 0 Å². The van der Waals surface area contributed by atoms with Crippen molar-refractivity contribution in [3.8, 4) is 11.1 Å². The van der Waals surface area contributed by atoms with Gasteiger partial charge in [-0.3, -0.25) is 5.84 Å². The van der Waals surface area contributed by atoms with Crippen LogP contribution in [0.4, 0.5) is 11.4 Å². The fourth-order valence-corrected chi connectivity index (χ4v) is 1.43. The van der Waals surface area contributed by atoms with Crippen molar-refractivity contribution < 1.29 is 0 Å². The normalized spacial score (nSPS) is 9.93. The second kappa shape index (κ2) is 4.02. The molecular weight excluding hydrogens is 186 g/mol. The van der Waals surface area contributed by atoms with E-state index < -0.39 is 0 Å². The number of hydrogen-bond acceptors (Lipinski definition) is 3. The molecule has 2 aromatic rings. The Morgan fingerprint density at radius 1 is 0.733 bits per heavy atom. The highest BCUT2D eigenvalue weighted by atomic mass is 15.2. The molecule has 0 atom stereocenters. The van der Waals surface area contributed by atoms with Crippen LogP contribution < -0.4 is 17.0 Å².